The Morgan fingerprint density at radius 3 is 1.16 bits per heavy atom. The lowest BCUT2D eigenvalue weighted by Crippen LogP contribution is -2.30. The van der Waals surface area contributed by atoms with Crippen LogP contribution in [0.25, 0.3) is 0 Å². The second-order valence-electron chi connectivity index (χ2n) is 18.7. The first kappa shape index (κ1) is 67.2. The maximum atomic E-state index is 12.9. The predicted octanol–water partition coefficient (Wildman–Crippen LogP) is 16.4. The summed E-state index contributed by atoms with van der Waals surface area (Å²) in [6.45, 7) is 4.49. The lowest BCUT2D eigenvalue weighted by molar-refractivity contribution is -0.161. The minimum atomic E-state index is -4.75. The van der Waals surface area contributed by atoms with Crippen molar-refractivity contribution in [3.8, 4) is 0 Å². The van der Waals surface area contributed by atoms with E-state index >= 15 is 0 Å². The van der Waals surface area contributed by atoms with Gasteiger partial charge in [-0.2, -0.15) is 0 Å². The summed E-state index contributed by atoms with van der Waals surface area (Å²) >= 11 is 0. The van der Waals surface area contributed by atoms with Crippen LogP contribution in [0.5, 0.6) is 0 Å². The van der Waals surface area contributed by atoms with Crippen LogP contribution in [0.1, 0.15) is 252 Å². The number of hydrogen-bond donors (Lipinski definition) is 2. The van der Waals surface area contributed by atoms with E-state index in [1.165, 1.54) is 83.5 Å². The van der Waals surface area contributed by atoms with Gasteiger partial charge in [0.1, 0.15) is 12.7 Å². The van der Waals surface area contributed by atoms with Crippen LogP contribution in [0.3, 0.4) is 0 Å². The van der Waals surface area contributed by atoms with Gasteiger partial charge >= 0.3 is 25.7 Å². The van der Waals surface area contributed by atoms with Gasteiger partial charge in [0.25, 0.3) is 0 Å². The van der Waals surface area contributed by atoms with Crippen molar-refractivity contribution in [2.75, 3.05) is 26.4 Å². The SMILES string of the molecule is CC/C=C\C/C=C\C/C=C\C/C=C\CCCCCCC(=O)OC(COC(=O)CCCCCCCCCCCCC)COP(=O)(O)OCC(CO)OC(=O)CCCCCCC/C=C\CCCCCCCC. The molecule has 0 radical (unpaired) electrons. The summed E-state index contributed by atoms with van der Waals surface area (Å²) in [5.74, 6) is -1.49. The zero-order valence-corrected chi connectivity index (χ0v) is 45.6. The van der Waals surface area contributed by atoms with Crippen LogP contribution in [0.2, 0.25) is 0 Å². The van der Waals surface area contributed by atoms with Gasteiger partial charge in [-0.25, -0.2) is 4.57 Å². The van der Waals surface area contributed by atoms with Crippen LogP contribution in [0.4, 0.5) is 0 Å². The fraction of sp³-hybridized carbons (Fsp3) is 0.776. The average molecular weight is 1010 g/mol. The van der Waals surface area contributed by atoms with E-state index in [1.54, 1.807) is 0 Å². The highest BCUT2D eigenvalue weighted by atomic mass is 31.2. The van der Waals surface area contributed by atoms with Crippen molar-refractivity contribution in [1.29, 1.82) is 0 Å². The van der Waals surface area contributed by atoms with Crippen molar-refractivity contribution >= 4 is 25.7 Å². The van der Waals surface area contributed by atoms with E-state index in [1.807, 2.05) is 0 Å². The fourth-order valence-corrected chi connectivity index (χ4v) is 8.42. The molecule has 3 atom stereocenters. The zero-order chi connectivity index (χ0) is 51.3. The standard InChI is InChI=1S/C58H103O11P/c1-4-7-10-13-16-19-22-24-26-27-29-31-34-37-40-43-46-49-58(62)69-55(51-65-56(60)47-44-41-38-35-32-21-18-15-12-9-6-3)53-67-70(63,64)66-52-54(50-59)68-57(61)48-45-42-39-36-33-30-28-25-23-20-17-14-11-8-5-2/h7,10,16,19,24-26,28-29,31,54-55,59H,4-6,8-9,11-15,17-18,20-23,27,30,32-53H2,1-3H3,(H,63,64)/b10-7-,19-16-,26-24-,28-25-,31-29-. The number of ether oxygens (including phenoxy) is 3. The number of carbonyl (C=O) groups excluding carboxylic acids is 3. The first-order valence-electron chi connectivity index (χ1n) is 28.2. The van der Waals surface area contributed by atoms with Gasteiger partial charge in [0.2, 0.25) is 0 Å². The molecule has 0 spiro atoms. The minimum absolute atomic E-state index is 0.140. The van der Waals surface area contributed by atoms with Crippen molar-refractivity contribution < 1.29 is 52.2 Å². The number of rotatable bonds is 52. The van der Waals surface area contributed by atoms with E-state index in [0.717, 1.165) is 109 Å². The van der Waals surface area contributed by atoms with E-state index in [9.17, 15) is 28.9 Å². The summed E-state index contributed by atoms with van der Waals surface area (Å²) in [6, 6.07) is 0. The fourth-order valence-electron chi connectivity index (χ4n) is 7.64. The van der Waals surface area contributed by atoms with Crippen LogP contribution in [0, 0.1) is 0 Å². The number of phosphoric acid groups is 1. The van der Waals surface area contributed by atoms with Crippen molar-refractivity contribution in [2.24, 2.45) is 0 Å². The molecule has 12 heteroatoms. The van der Waals surface area contributed by atoms with Gasteiger partial charge in [-0.05, 0) is 83.5 Å². The molecule has 11 nitrogen and oxygen atoms in total. The molecule has 0 heterocycles. The van der Waals surface area contributed by atoms with Crippen LogP contribution >= 0.6 is 7.82 Å². The topological polar surface area (TPSA) is 155 Å². The molecule has 2 N–H and O–H groups in total. The number of allylic oxidation sites excluding steroid dienone is 10. The summed E-state index contributed by atoms with van der Waals surface area (Å²) in [7, 11) is -4.75. The molecule has 0 saturated heterocycles. The van der Waals surface area contributed by atoms with Gasteiger partial charge in [-0.15, -0.1) is 0 Å². The maximum absolute atomic E-state index is 12.9. The molecule has 0 aliphatic carbocycles. The van der Waals surface area contributed by atoms with Crippen LogP contribution in [-0.2, 0) is 42.2 Å². The number of esters is 3. The highest BCUT2D eigenvalue weighted by molar-refractivity contribution is 7.47. The van der Waals surface area contributed by atoms with Crippen LogP contribution in [-0.4, -0.2) is 66.5 Å². The lowest BCUT2D eigenvalue weighted by atomic mass is 10.1. The Morgan fingerprint density at radius 2 is 0.743 bits per heavy atom. The van der Waals surface area contributed by atoms with Gasteiger partial charge in [0.05, 0.1) is 19.8 Å². The Balaban J connectivity index is 4.73. The second kappa shape index (κ2) is 52.5. The number of hydrogen-bond acceptors (Lipinski definition) is 10. The number of aliphatic hydroxyl groups is 1. The quantitative estimate of drug-likeness (QED) is 0.0197. The van der Waals surface area contributed by atoms with Crippen molar-refractivity contribution in [3.05, 3.63) is 60.8 Å². The van der Waals surface area contributed by atoms with Gasteiger partial charge in [0.15, 0.2) is 6.10 Å². The van der Waals surface area contributed by atoms with Crippen molar-refractivity contribution in [2.45, 2.75) is 264 Å². The van der Waals surface area contributed by atoms with Gasteiger partial charge < -0.3 is 24.2 Å². The summed E-state index contributed by atoms with van der Waals surface area (Å²) < 4.78 is 39.4. The predicted molar refractivity (Wildman–Crippen MR) is 288 cm³/mol. The third-order valence-corrected chi connectivity index (χ3v) is 12.9. The highest BCUT2D eigenvalue weighted by Crippen LogP contribution is 2.43. The molecule has 70 heavy (non-hydrogen) atoms. The average Bonchev–Trinajstić information content (AvgIpc) is 3.35. The Labute approximate surface area is 427 Å². The van der Waals surface area contributed by atoms with Gasteiger partial charge in [-0.1, -0.05) is 210 Å². The largest absolute Gasteiger partial charge is 0.472 e. The molecule has 406 valence electrons. The summed E-state index contributed by atoms with van der Waals surface area (Å²) in [4.78, 5) is 48.4. The Bertz CT molecular complexity index is 1410. The molecule has 0 aliphatic heterocycles. The number of unbranched alkanes of at least 4 members (excludes halogenated alkanes) is 25. The molecule has 3 unspecified atom stereocenters. The minimum Gasteiger partial charge on any atom is -0.462 e. The molecule has 0 bridgehead atoms. The molecule has 0 aliphatic rings. The Morgan fingerprint density at radius 1 is 0.414 bits per heavy atom. The monoisotopic (exact) mass is 1010 g/mol. The Hall–Kier alpha value is -2.82. The highest BCUT2D eigenvalue weighted by Gasteiger charge is 2.28. The maximum Gasteiger partial charge on any atom is 0.472 e. The molecule has 0 aromatic heterocycles. The second-order valence-corrected chi connectivity index (χ2v) is 20.2. The number of phosphoric ester groups is 1. The lowest BCUT2D eigenvalue weighted by Gasteiger charge is -2.21. The molecular formula is C58H103O11P. The van der Waals surface area contributed by atoms with Crippen molar-refractivity contribution in [3.63, 3.8) is 0 Å². The molecule has 0 amide bonds. The van der Waals surface area contributed by atoms with E-state index in [-0.39, 0.29) is 25.9 Å². The molecule has 0 aromatic rings. The van der Waals surface area contributed by atoms with E-state index in [2.05, 4.69) is 81.5 Å². The van der Waals surface area contributed by atoms with Gasteiger partial charge in [-0.3, -0.25) is 23.4 Å². The smallest absolute Gasteiger partial charge is 0.462 e. The molecule has 0 fully saturated rings. The molecule has 0 rings (SSSR count). The zero-order valence-electron chi connectivity index (χ0n) is 44.7. The first-order valence-corrected chi connectivity index (χ1v) is 29.7. The van der Waals surface area contributed by atoms with E-state index < -0.39 is 57.8 Å². The third-order valence-electron chi connectivity index (χ3n) is 11.9. The normalized spacial score (nSPS) is 13.8. The number of carbonyl (C=O) groups is 3. The molecular weight excluding hydrogens is 904 g/mol. The molecule has 0 aromatic carbocycles. The van der Waals surface area contributed by atoms with E-state index in [0.29, 0.717) is 19.3 Å². The van der Waals surface area contributed by atoms with Crippen LogP contribution in [0.15, 0.2) is 60.8 Å². The third kappa shape index (κ3) is 50.1. The molecule has 0 saturated carbocycles. The van der Waals surface area contributed by atoms with Crippen molar-refractivity contribution in [1.82, 2.24) is 0 Å². The summed E-state index contributed by atoms with van der Waals surface area (Å²) in [5, 5.41) is 9.80. The summed E-state index contributed by atoms with van der Waals surface area (Å²) in [5.41, 5.74) is 0. The summed E-state index contributed by atoms with van der Waals surface area (Å²) in [6.07, 6.45) is 56.1. The van der Waals surface area contributed by atoms with Gasteiger partial charge in [0, 0.05) is 19.3 Å². The first-order chi connectivity index (χ1) is 34.2. The van der Waals surface area contributed by atoms with Crippen LogP contribution < -0.4 is 0 Å². The Kier molecular flexibility index (Phi) is 50.4. The van der Waals surface area contributed by atoms with E-state index in [4.69, 9.17) is 23.3 Å². The number of aliphatic hydroxyl groups excluding tert-OH is 1.